The summed E-state index contributed by atoms with van der Waals surface area (Å²) in [6, 6.07) is 18.1. The van der Waals surface area contributed by atoms with Crippen molar-refractivity contribution in [1.82, 2.24) is 15.1 Å². The third-order valence-electron chi connectivity index (χ3n) is 6.98. The Hall–Kier alpha value is -4.04. The summed E-state index contributed by atoms with van der Waals surface area (Å²) >= 11 is 0. The van der Waals surface area contributed by atoms with E-state index in [0.29, 0.717) is 12.0 Å². The number of halogens is 1. The van der Waals surface area contributed by atoms with E-state index in [1.165, 1.54) is 36.0 Å². The van der Waals surface area contributed by atoms with Crippen LogP contribution in [0.25, 0.3) is 10.8 Å². The zero-order valence-corrected chi connectivity index (χ0v) is 23.9. The van der Waals surface area contributed by atoms with E-state index in [4.69, 9.17) is 5.73 Å². The van der Waals surface area contributed by atoms with Crippen molar-refractivity contribution in [2.24, 2.45) is 5.73 Å². The highest BCUT2D eigenvalue weighted by atomic mass is 19.1. The minimum absolute atomic E-state index is 0.0135. The highest BCUT2D eigenvalue weighted by Crippen LogP contribution is 2.20. The van der Waals surface area contributed by atoms with Crippen LogP contribution >= 0.6 is 0 Å². The van der Waals surface area contributed by atoms with Crippen LogP contribution in [-0.4, -0.2) is 66.3 Å². The van der Waals surface area contributed by atoms with Crippen molar-refractivity contribution in [1.29, 1.82) is 0 Å². The molecule has 0 saturated heterocycles. The van der Waals surface area contributed by atoms with Crippen LogP contribution in [-0.2, 0) is 27.2 Å². The topological polar surface area (TPSA) is 95.7 Å². The van der Waals surface area contributed by atoms with Crippen molar-refractivity contribution in [3.05, 3.63) is 95.8 Å². The van der Waals surface area contributed by atoms with E-state index in [-0.39, 0.29) is 18.7 Å². The number of fused-ring (bicyclic) bond motifs is 1. The molecule has 3 aromatic rings. The van der Waals surface area contributed by atoms with Gasteiger partial charge in [0.25, 0.3) is 0 Å². The summed E-state index contributed by atoms with van der Waals surface area (Å²) in [6.07, 6.45) is 3.82. The normalized spacial score (nSPS) is 13.2. The maximum Gasteiger partial charge on any atom is 0.246 e. The molecule has 7 nitrogen and oxygen atoms in total. The molecule has 40 heavy (non-hydrogen) atoms. The molecule has 0 spiro atoms. The molecule has 0 radical (unpaired) electrons. The smallest absolute Gasteiger partial charge is 0.246 e. The van der Waals surface area contributed by atoms with Gasteiger partial charge in [-0.15, -0.1) is 0 Å². The Kier molecular flexibility index (Phi) is 10.2. The van der Waals surface area contributed by atoms with Gasteiger partial charge in [-0.2, -0.15) is 0 Å². The molecule has 2 atom stereocenters. The van der Waals surface area contributed by atoms with E-state index in [1.54, 1.807) is 31.3 Å². The molecule has 0 heterocycles. The maximum atomic E-state index is 14.5. The van der Waals surface area contributed by atoms with Gasteiger partial charge in [0.2, 0.25) is 17.7 Å². The third-order valence-corrected chi connectivity index (χ3v) is 6.98. The van der Waals surface area contributed by atoms with Crippen LogP contribution in [0.2, 0.25) is 0 Å². The van der Waals surface area contributed by atoms with Gasteiger partial charge in [-0.05, 0) is 54.3 Å². The first kappa shape index (κ1) is 30.5. The van der Waals surface area contributed by atoms with Crippen LogP contribution in [0.4, 0.5) is 4.39 Å². The summed E-state index contributed by atoms with van der Waals surface area (Å²) in [7, 11) is 4.56. The molecule has 3 rings (SSSR count). The molecule has 8 heteroatoms. The van der Waals surface area contributed by atoms with Crippen molar-refractivity contribution in [2.45, 2.75) is 50.7 Å². The Labute approximate surface area is 235 Å². The first-order chi connectivity index (χ1) is 18.9. The molecule has 3 N–H and O–H groups in total. The summed E-state index contributed by atoms with van der Waals surface area (Å²) in [5.74, 6) is -1.67. The first-order valence-corrected chi connectivity index (χ1v) is 13.3. The van der Waals surface area contributed by atoms with Gasteiger partial charge in [-0.1, -0.05) is 66.7 Å². The fourth-order valence-electron chi connectivity index (χ4n) is 4.55. The molecule has 0 fully saturated rings. The number of nitrogens with one attached hydrogen (secondary N) is 1. The number of hydrogen-bond acceptors (Lipinski definition) is 4. The molecule has 0 aliphatic heterocycles. The Morgan fingerprint density at radius 1 is 0.925 bits per heavy atom. The predicted molar refractivity (Wildman–Crippen MR) is 157 cm³/mol. The fraction of sp³-hybridized carbons (Fsp3) is 0.344. The molecule has 0 aliphatic rings. The van der Waals surface area contributed by atoms with Crippen LogP contribution in [0.1, 0.15) is 31.4 Å². The molecule has 3 amide bonds. The Morgan fingerprint density at radius 2 is 1.57 bits per heavy atom. The van der Waals surface area contributed by atoms with Gasteiger partial charge in [0.05, 0.1) is 0 Å². The lowest BCUT2D eigenvalue weighted by Crippen LogP contribution is -2.55. The van der Waals surface area contributed by atoms with Gasteiger partial charge in [0.15, 0.2) is 0 Å². The Bertz CT molecular complexity index is 1380. The predicted octanol–water partition coefficient (Wildman–Crippen LogP) is 3.85. The largest absolute Gasteiger partial charge is 0.357 e. The second kappa shape index (κ2) is 13.3. The Balaban J connectivity index is 1.95. The summed E-state index contributed by atoms with van der Waals surface area (Å²) in [5.41, 5.74) is 6.74. The van der Waals surface area contributed by atoms with Crippen LogP contribution in [0.5, 0.6) is 0 Å². The lowest BCUT2D eigenvalue weighted by molar-refractivity contribution is -0.146. The quantitative estimate of drug-likeness (QED) is 0.357. The standard InChI is InChI=1S/C32H39FN4O3/c1-32(2,34)18-10-15-29(38)36(4)28(20-22-16-17-23-11-6-7-12-24(23)19-22)31(40)37(5)27(30(39)35-3)21-25-13-8-9-14-26(25)33/h6-17,19,27-28H,18,20-21,34H2,1-5H3,(H,35,39)/b15-10+/t27-,28?/m0/s1. The molecule has 1 unspecified atom stereocenters. The van der Waals surface area contributed by atoms with Crippen LogP contribution in [0, 0.1) is 5.82 Å². The zero-order chi connectivity index (χ0) is 29.4. The van der Waals surface area contributed by atoms with Crippen molar-refractivity contribution in [3.63, 3.8) is 0 Å². The number of nitrogens with zero attached hydrogens (tertiary/aromatic N) is 2. The Morgan fingerprint density at radius 3 is 2.23 bits per heavy atom. The average Bonchev–Trinajstić information content (AvgIpc) is 2.93. The van der Waals surface area contributed by atoms with E-state index < -0.39 is 35.3 Å². The number of rotatable bonds is 11. The molecule has 212 valence electrons. The maximum absolute atomic E-state index is 14.5. The number of carbonyl (C=O) groups is 3. The van der Waals surface area contributed by atoms with E-state index in [0.717, 1.165) is 16.3 Å². The highest BCUT2D eigenvalue weighted by Gasteiger charge is 2.35. The van der Waals surface area contributed by atoms with E-state index in [1.807, 2.05) is 56.3 Å². The van der Waals surface area contributed by atoms with Gasteiger partial charge < -0.3 is 20.9 Å². The monoisotopic (exact) mass is 546 g/mol. The van der Waals surface area contributed by atoms with E-state index >= 15 is 0 Å². The lowest BCUT2D eigenvalue weighted by atomic mass is 9.98. The van der Waals surface area contributed by atoms with Gasteiger partial charge in [0, 0.05) is 39.5 Å². The fourth-order valence-corrected chi connectivity index (χ4v) is 4.55. The second-order valence-corrected chi connectivity index (χ2v) is 10.8. The molecule has 3 aromatic carbocycles. The van der Waals surface area contributed by atoms with Crippen LogP contribution in [0.15, 0.2) is 78.9 Å². The average molecular weight is 547 g/mol. The van der Waals surface area contributed by atoms with Crippen molar-refractivity contribution < 1.29 is 18.8 Å². The highest BCUT2D eigenvalue weighted by molar-refractivity contribution is 5.95. The molecule has 0 aliphatic carbocycles. The first-order valence-electron chi connectivity index (χ1n) is 13.3. The lowest BCUT2D eigenvalue weighted by Gasteiger charge is -2.34. The number of likely N-dealkylation sites (N-methyl/N-ethyl adjacent to an activating group) is 3. The summed E-state index contributed by atoms with van der Waals surface area (Å²) in [4.78, 5) is 42.8. The van der Waals surface area contributed by atoms with Crippen molar-refractivity contribution >= 4 is 28.5 Å². The number of carbonyl (C=O) groups excluding carboxylic acids is 3. The number of hydrogen-bond donors (Lipinski definition) is 2. The second-order valence-electron chi connectivity index (χ2n) is 10.8. The van der Waals surface area contributed by atoms with Gasteiger partial charge in [-0.25, -0.2) is 4.39 Å². The zero-order valence-electron chi connectivity index (χ0n) is 23.9. The van der Waals surface area contributed by atoms with Gasteiger partial charge in [-0.3, -0.25) is 14.4 Å². The summed E-state index contributed by atoms with van der Waals surface area (Å²) in [6.45, 7) is 3.72. The molecular weight excluding hydrogens is 507 g/mol. The summed E-state index contributed by atoms with van der Waals surface area (Å²) in [5, 5.41) is 4.66. The van der Waals surface area contributed by atoms with Crippen molar-refractivity contribution in [3.8, 4) is 0 Å². The summed E-state index contributed by atoms with van der Waals surface area (Å²) < 4.78 is 14.5. The van der Waals surface area contributed by atoms with Gasteiger partial charge in [0.1, 0.15) is 17.9 Å². The molecule has 0 bridgehead atoms. The molecule has 0 aromatic heterocycles. The number of benzene rings is 3. The number of nitrogens with two attached hydrogens (primary N) is 1. The van der Waals surface area contributed by atoms with Gasteiger partial charge >= 0.3 is 0 Å². The third kappa shape index (κ3) is 7.99. The minimum Gasteiger partial charge on any atom is -0.357 e. The van der Waals surface area contributed by atoms with Crippen LogP contribution in [0.3, 0.4) is 0 Å². The van der Waals surface area contributed by atoms with Crippen LogP contribution < -0.4 is 11.1 Å². The SMILES string of the molecule is CNC(=O)[C@H](Cc1ccccc1F)N(C)C(=O)C(Cc1ccc2ccccc2c1)N(C)C(=O)/C=C/CC(C)(C)N. The molecule has 0 saturated carbocycles. The van der Waals surface area contributed by atoms with E-state index in [9.17, 15) is 18.8 Å². The number of amides is 3. The molecular formula is C32H39FN4O3. The minimum atomic E-state index is -0.981. The van der Waals surface area contributed by atoms with Crippen molar-refractivity contribution in [2.75, 3.05) is 21.1 Å². The van der Waals surface area contributed by atoms with E-state index in [2.05, 4.69) is 5.32 Å².